The first kappa shape index (κ1) is 20.9. The van der Waals surface area contributed by atoms with E-state index in [0.717, 1.165) is 11.4 Å². The molecule has 6 aromatic carbocycles. The quantitative estimate of drug-likeness (QED) is 0.277. The Balaban J connectivity index is 1.27. The molecule has 0 unspecified atom stereocenters. The predicted octanol–water partition coefficient (Wildman–Crippen LogP) is 9.58. The average molecular weight is 448 g/mol. The topological polar surface area (TPSA) is 12.0 Å². The molecule has 0 aliphatic heterocycles. The lowest BCUT2D eigenvalue weighted by atomic mass is 9.98. The zero-order valence-electron chi connectivity index (χ0n) is 19.4. The first-order valence-corrected chi connectivity index (χ1v) is 12.0. The standard InChI is InChI=1S/C34H25N/c1-2-9-25(10-3-1)26-17-19-29(20-18-26)33-14-6-7-16-34(33)35-30-23-21-28(22-24-30)32-15-8-12-27-11-4-5-13-31(27)32/h1-24,35H. The highest BCUT2D eigenvalue weighted by Crippen LogP contribution is 2.33. The van der Waals surface area contributed by atoms with Gasteiger partial charge in [0.1, 0.15) is 0 Å². The molecule has 0 spiro atoms. The molecule has 0 bridgehead atoms. The van der Waals surface area contributed by atoms with Crippen LogP contribution in [0.25, 0.3) is 44.2 Å². The van der Waals surface area contributed by atoms with Crippen molar-refractivity contribution in [3.05, 3.63) is 146 Å². The van der Waals surface area contributed by atoms with Crippen LogP contribution in [0.1, 0.15) is 0 Å². The Morgan fingerprint density at radius 3 is 1.71 bits per heavy atom. The van der Waals surface area contributed by atoms with Gasteiger partial charge in [-0.25, -0.2) is 0 Å². The Morgan fingerprint density at radius 1 is 0.343 bits per heavy atom. The molecule has 0 aliphatic rings. The van der Waals surface area contributed by atoms with Crippen LogP contribution in [0.2, 0.25) is 0 Å². The van der Waals surface area contributed by atoms with Crippen LogP contribution in [0.15, 0.2) is 146 Å². The SMILES string of the molecule is c1ccc(-c2ccc(-c3ccccc3Nc3ccc(-c4cccc5ccccc45)cc3)cc2)cc1. The van der Waals surface area contributed by atoms with Crippen molar-refractivity contribution in [2.75, 3.05) is 5.32 Å². The monoisotopic (exact) mass is 447 g/mol. The second kappa shape index (κ2) is 9.32. The molecule has 0 aliphatic carbocycles. The number of anilines is 2. The highest BCUT2D eigenvalue weighted by Gasteiger charge is 2.07. The molecule has 0 amide bonds. The summed E-state index contributed by atoms with van der Waals surface area (Å²) in [6, 6.07) is 51.5. The van der Waals surface area contributed by atoms with E-state index in [1.54, 1.807) is 0 Å². The van der Waals surface area contributed by atoms with Crippen LogP contribution in [0.5, 0.6) is 0 Å². The summed E-state index contributed by atoms with van der Waals surface area (Å²) in [6.07, 6.45) is 0. The maximum Gasteiger partial charge on any atom is 0.0463 e. The van der Waals surface area contributed by atoms with Gasteiger partial charge in [-0.2, -0.15) is 0 Å². The third-order valence-electron chi connectivity index (χ3n) is 6.49. The van der Waals surface area contributed by atoms with Crippen LogP contribution in [-0.4, -0.2) is 0 Å². The van der Waals surface area contributed by atoms with Crippen molar-refractivity contribution in [1.82, 2.24) is 0 Å². The van der Waals surface area contributed by atoms with Gasteiger partial charge in [0.25, 0.3) is 0 Å². The third kappa shape index (κ3) is 4.32. The highest BCUT2D eigenvalue weighted by atomic mass is 14.9. The molecule has 35 heavy (non-hydrogen) atoms. The maximum atomic E-state index is 3.63. The van der Waals surface area contributed by atoms with Crippen molar-refractivity contribution in [3.63, 3.8) is 0 Å². The number of nitrogens with one attached hydrogen (secondary N) is 1. The van der Waals surface area contributed by atoms with E-state index in [0.29, 0.717) is 0 Å². The molecule has 0 saturated carbocycles. The van der Waals surface area contributed by atoms with E-state index in [9.17, 15) is 0 Å². The summed E-state index contributed by atoms with van der Waals surface area (Å²) in [5.41, 5.74) is 9.48. The Morgan fingerprint density at radius 2 is 0.886 bits per heavy atom. The molecule has 0 radical (unpaired) electrons. The van der Waals surface area contributed by atoms with Crippen LogP contribution in [0.3, 0.4) is 0 Å². The maximum absolute atomic E-state index is 3.63. The molecule has 0 fully saturated rings. The van der Waals surface area contributed by atoms with Gasteiger partial charge in [-0.3, -0.25) is 0 Å². The normalized spacial score (nSPS) is 10.9. The van der Waals surface area contributed by atoms with E-state index >= 15 is 0 Å². The fourth-order valence-corrected chi connectivity index (χ4v) is 4.68. The molecule has 6 rings (SSSR count). The second-order valence-corrected chi connectivity index (χ2v) is 8.72. The third-order valence-corrected chi connectivity index (χ3v) is 6.49. The zero-order chi connectivity index (χ0) is 23.5. The van der Waals surface area contributed by atoms with E-state index in [1.165, 1.54) is 44.2 Å². The fourth-order valence-electron chi connectivity index (χ4n) is 4.68. The summed E-state index contributed by atoms with van der Waals surface area (Å²) >= 11 is 0. The van der Waals surface area contributed by atoms with Gasteiger partial charge in [-0.05, 0) is 56.8 Å². The van der Waals surface area contributed by atoms with Crippen molar-refractivity contribution < 1.29 is 0 Å². The lowest BCUT2D eigenvalue weighted by molar-refractivity contribution is 1.53. The molecule has 0 saturated heterocycles. The smallest absolute Gasteiger partial charge is 0.0463 e. The Kier molecular flexibility index (Phi) is 5.58. The van der Waals surface area contributed by atoms with Gasteiger partial charge < -0.3 is 5.32 Å². The molecule has 166 valence electrons. The molecule has 1 heteroatoms. The Hall–Kier alpha value is -4.62. The van der Waals surface area contributed by atoms with Gasteiger partial charge in [0, 0.05) is 16.9 Å². The van der Waals surface area contributed by atoms with E-state index in [-0.39, 0.29) is 0 Å². The van der Waals surface area contributed by atoms with Crippen LogP contribution >= 0.6 is 0 Å². The molecular formula is C34H25N. The molecule has 0 atom stereocenters. The van der Waals surface area contributed by atoms with E-state index in [2.05, 4.69) is 145 Å². The minimum Gasteiger partial charge on any atom is -0.355 e. The fraction of sp³-hybridized carbons (Fsp3) is 0. The molecule has 6 aromatic rings. The van der Waals surface area contributed by atoms with Gasteiger partial charge in [0.05, 0.1) is 0 Å². The minimum atomic E-state index is 1.07. The summed E-state index contributed by atoms with van der Waals surface area (Å²) in [7, 11) is 0. The first-order chi connectivity index (χ1) is 17.3. The lowest BCUT2D eigenvalue weighted by Crippen LogP contribution is -1.93. The van der Waals surface area contributed by atoms with E-state index < -0.39 is 0 Å². The van der Waals surface area contributed by atoms with Crippen molar-refractivity contribution in [1.29, 1.82) is 0 Å². The number of hydrogen-bond donors (Lipinski definition) is 1. The van der Waals surface area contributed by atoms with Crippen LogP contribution in [0.4, 0.5) is 11.4 Å². The summed E-state index contributed by atoms with van der Waals surface area (Å²) in [4.78, 5) is 0. The zero-order valence-corrected chi connectivity index (χ0v) is 19.4. The summed E-state index contributed by atoms with van der Waals surface area (Å²) in [5, 5.41) is 6.17. The van der Waals surface area contributed by atoms with Crippen molar-refractivity contribution >= 4 is 22.1 Å². The molecule has 0 aromatic heterocycles. The van der Waals surface area contributed by atoms with Crippen LogP contribution < -0.4 is 5.32 Å². The number of para-hydroxylation sites is 1. The molecular weight excluding hydrogens is 422 g/mol. The summed E-state index contributed by atoms with van der Waals surface area (Å²) in [6.45, 7) is 0. The van der Waals surface area contributed by atoms with Crippen molar-refractivity contribution in [3.8, 4) is 33.4 Å². The summed E-state index contributed by atoms with van der Waals surface area (Å²) < 4.78 is 0. The van der Waals surface area contributed by atoms with E-state index in [4.69, 9.17) is 0 Å². The number of hydrogen-bond acceptors (Lipinski definition) is 1. The average Bonchev–Trinajstić information content (AvgIpc) is 2.94. The highest BCUT2D eigenvalue weighted by molar-refractivity contribution is 5.96. The van der Waals surface area contributed by atoms with Crippen LogP contribution in [0, 0.1) is 0 Å². The van der Waals surface area contributed by atoms with Crippen LogP contribution in [-0.2, 0) is 0 Å². The van der Waals surface area contributed by atoms with Crippen molar-refractivity contribution in [2.45, 2.75) is 0 Å². The van der Waals surface area contributed by atoms with Gasteiger partial charge >= 0.3 is 0 Å². The number of fused-ring (bicyclic) bond motifs is 1. The number of rotatable bonds is 5. The molecule has 1 N–H and O–H groups in total. The van der Waals surface area contributed by atoms with Gasteiger partial charge in [0.15, 0.2) is 0 Å². The molecule has 0 heterocycles. The van der Waals surface area contributed by atoms with E-state index in [1.807, 2.05) is 6.07 Å². The molecule has 1 nitrogen and oxygen atoms in total. The van der Waals surface area contributed by atoms with Gasteiger partial charge in [-0.15, -0.1) is 0 Å². The van der Waals surface area contributed by atoms with Gasteiger partial charge in [0.2, 0.25) is 0 Å². The van der Waals surface area contributed by atoms with Gasteiger partial charge in [-0.1, -0.05) is 127 Å². The largest absolute Gasteiger partial charge is 0.355 e. The first-order valence-electron chi connectivity index (χ1n) is 12.0. The lowest BCUT2D eigenvalue weighted by Gasteiger charge is -2.14. The number of benzene rings is 6. The Labute approximate surface area is 206 Å². The summed E-state index contributed by atoms with van der Waals surface area (Å²) in [5.74, 6) is 0. The second-order valence-electron chi connectivity index (χ2n) is 8.72. The Bertz CT molecular complexity index is 1580. The minimum absolute atomic E-state index is 1.07. The van der Waals surface area contributed by atoms with Crippen molar-refractivity contribution in [2.24, 2.45) is 0 Å². The predicted molar refractivity (Wildman–Crippen MR) is 150 cm³/mol.